The zero-order valence-electron chi connectivity index (χ0n) is 13.5. The Hall–Kier alpha value is -1.81. The Kier molecular flexibility index (Phi) is 3.85. The fourth-order valence-corrected chi connectivity index (χ4v) is 4.88. The summed E-state index contributed by atoms with van der Waals surface area (Å²) < 4.78 is 0. The Balaban J connectivity index is 1.43. The number of benzene rings is 1. The van der Waals surface area contributed by atoms with E-state index >= 15 is 0 Å². The van der Waals surface area contributed by atoms with Gasteiger partial charge in [-0.3, -0.25) is 4.79 Å². The van der Waals surface area contributed by atoms with Gasteiger partial charge in [-0.1, -0.05) is 18.2 Å². The summed E-state index contributed by atoms with van der Waals surface area (Å²) in [6.45, 7) is 5.62. The summed E-state index contributed by atoms with van der Waals surface area (Å²) in [5.41, 5.74) is 4.02. The van der Waals surface area contributed by atoms with E-state index in [1.54, 1.807) is 11.3 Å². The van der Waals surface area contributed by atoms with Crippen molar-refractivity contribution in [2.24, 2.45) is 0 Å². The Labute approximate surface area is 141 Å². The zero-order valence-corrected chi connectivity index (χ0v) is 14.4. The van der Waals surface area contributed by atoms with E-state index in [4.69, 9.17) is 0 Å². The minimum Gasteiger partial charge on any atom is -0.368 e. The Morgan fingerprint density at radius 1 is 1.09 bits per heavy atom. The van der Waals surface area contributed by atoms with Crippen LogP contribution in [0, 0.1) is 6.92 Å². The van der Waals surface area contributed by atoms with E-state index in [-0.39, 0.29) is 5.91 Å². The SMILES string of the molecule is Cc1ccccc1N1CCN(C(=O)c2cc3c(s2)CCC3)CC1. The van der Waals surface area contributed by atoms with Crippen LogP contribution in [0.4, 0.5) is 5.69 Å². The summed E-state index contributed by atoms with van der Waals surface area (Å²) in [6, 6.07) is 10.6. The van der Waals surface area contributed by atoms with Crippen molar-refractivity contribution in [1.82, 2.24) is 4.90 Å². The van der Waals surface area contributed by atoms with Crippen LogP contribution in [0.5, 0.6) is 0 Å². The van der Waals surface area contributed by atoms with Gasteiger partial charge in [-0.2, -0.15) is 0 Å². The molecule has 0 radical (unpaired) electrons. The fourth-order valence-electron chi connectivity index (χ4n) is 3.66. The molecule has 2 heterocycles. The molecule has 2 aromatic rings. The van der Waals surface area contributed by atoms with E-state index < -0.39 is 0 Å². The van der Waals surface area contributed by atoms with E-state index in [1.165, 1.54) is 28.1 Å². The first-order chi connectivity index (χ1) is 11.2. The number of thiophene rings is 1. The summed E-state index contributed by atoms with van der Waals surface area (Å²) in [6.07, 6.45) is 3.57. The molecule has 4 rings (SSSR count). The topological polar surface area (TPSA) is 23.6 Å². The van der Waals surface area contributed by atoms with Crippen molar-refractivity contribution in [1.29, 1.82) is 0 Å². The van der Waals surface area contributed by atoms with E-state index in [2.05, 4.69) is 42.2 Å². The molecule has 0 atom stereocenters. The van der Waals surface area contributed by atoms with Crippen molar-refractivity contribution in [3.63, 3.8) is 0 Å². The molecule has 0 bridgehead atoms. The van der Waals surface area contributed by atoms with Crippen molar-refractivity contribution >= 4 is 22.9 Å². The maximum Gasteiger partial charge on any atom is 0.264 e. The van der Waals surface area contributed by atoms with Crippen molar-refractivity contribution in [2.75, 3.05) is 31.1 Å². The number of para-hydroxylation sites is 1. The molecule has 4 heteroatoms. The van der Waals surface area contributed by atoms with Crippen LogP contribution in [0.15, 0.2) is 30.3 Å². The summed E-state index contributed by atoms with van der Waals surface area (Å²) in [5, 5.41) is 0. The predicted octanol–water partition coefficient (Wildman–Crippen LogP) is 3.51. The van der Waals surface area contributed by atoms with E-state index in [1.807, 2.05) is 4.90 Å². The number of hydrogen-bond acceptors (Lipinski definition) is 3. The van der Waals surface area contributed by atoms with Crippen LogP contribution in [0.3, 0.4) is 0 Å². The van der Waals surface area contributed by atoms with Gasteiger partial charge < -0.3 is 9.80 Å². The van der Waals surface area contributed by atoms with Crippen LogP contribution in [0.2, 0.25) is 0 Å². The lowest BCUT2D eigenvalue weighted by Gasteiger charge is -2.36. The molecule has 1 aromatic carbocycles. The van der Waals surface area contributed by atoms with Gasteiger partial charge in [0, 0.05) is 36.7 Å². The summed E-state index contributed by atoms with van der Waals surface area (Å²) >= 11 is 1.72. The second-order valence-corrected chi connectivity index (χ2v) is 7.62. The summed E-state index contributed by atoms with van der Waals surface area (Å²) in [7, 11) is 0. The zero-order chi connectivity index (χ0) is 15.8. The molecule has 0 spiro atoms. The van der Waals surface area contributed by atoms with E-state index in [0.717, 1.165) is 43.9 Å². The molecule has 0 N–H and O–H groups in total. The van der Waals surface area contributed by atoms with Gasteiger partial charge in [0.15, 0.2) is 0 Å². The molecule has 1 amide bonds. The first-order valence-electron chi connectivity index (χ1n) is 8.44. The highest BCUT2D eigenvalue weighted by Crippen LogP contribution is 2.31. The van der Waals surface area contributed by atoms with Crippen molar-refractivity contribution in [2.45, 2.75) is 26.2 Å². The second kappa shape index (κ2) is 6.00. The number of nitrogens with zero attached hydrogens (tertiary/aromatic N) is 2. The Morgan fingerprint density at radius 3 is 2.61 bits per heavy atom. The molecule has 0 saturated carbocycles. The molecule has 23 heavy (non-hydrogen) atoms. The van der Waals surface area contributed by atoms with Gasteiger partial charge in [0.2, 0.25) is 0 Å². The first-order valence-corrected chi connectivity index (χ1v) is 9.25. The number of rotatable bonds is 2. The minimum atomic E-state index is 0.230. The smallest absolute Gasteiger partial charge is 0.264 e. The number of carbonyl (C=O) groups excluding carboxylic acids is 1. The predicted molar refractivity (Wildman–Crippen MR) is 95.6 cm³/mol. The van der Waals surface area contributed by atoms with Gasteiger partial charge in [-0.05, 0) is 49.4 Å². The van der Waals surface area contributed by atoms with Crippen LogP contribution < -0.4 is 4.90 Å². The lowest BCUT2D eigenvalue weighted by Crippen LogP contribution is -2.48. The third kappa shape index (κ3) is 2.76. The molecule has 1 aromatic heterocycles. The van der Waals surface area contributed by atoms with Gasteiger partial charge >= 0.3 is 0 Å². The maximum absolute atomic E-state index is 12.7. The number of carbonyl (C=O) groups is 1. The van der Waals surface area contributed by atoms with E-state index in [9.17, 15) is 4.79 Å². The van der Waals surface area contributed by atoms with Crippen molar-refractivity contribution in [3.8, 4) is 0 Å². The lowest BCUT2D eigenvalue weighted by atomic mass is 10.1. The second-order valence-electron chi connectivity index (χ2n) is 6.48. The molecule has 2 aliphatic rings. The average Bonchev–Trinajstić information content (AvgIpc) is 3.16. The lowest BCUT2D eigenvalue weighted by molar-refractivity contribution is 0.0751. The monoisotopic (exact) mass is 326 g/mol. The molecule has 0 unspecified atom stereocenters. The summed E-state index contributed by atoms with van der Waals surface area (Å²) in [5.74, 6) is 0.230. The number of piperazine rings is 1. The van der Waals surface area contributed by atoms with Crippen LogP contribution in [-0.4, -0.2) is 37.0 Å². The highest BCUT2D eigenvalue weighted by molar-refractivity contribution is 7.14. The molecule has 1 saturated heterocycles. The number of anilines is 1. The normalized spacial score (nSPS) is 17.4. The Morgan fingerprint density at radius 2 is 1.87 bits per heavy atom. The highest BCUT2D eigenvalue weighted by atomic mass is 32.1. The minimum absolute atomic E-state index is 0.230. The molecule has 1 aliphatic heterocycles. The molecular formula is C19H22N2OS. The number of aryl methyl sites for hydroxylation is 3. The average molecular weight is 326 g/mol. The molecule has 1 aliphatic carbocycles. The third-order valence-electron chi connectivity index (χ3n) is 4.98. The van der Waals surface area contributed by atoms with Crippen LogP contribution in [0.1, 0.15) is 32.1 Å². The number of amides is 1. The van der Waals surface area contributed by atoms with Crippen LogP contribution >= 0.6 is 11.3 Å². The molecule has 120 valence electrons. The highest BCUT2D eigenvalue weighted by Gasteiger charge is 2.25. The number of hydrogen-bond donors (Lipinski definition) is 0. The van der Waals surface area contributed by atoms with Crippen LogP contribution in [-0.2, 0) is 12.8 Å². The standard InChI is InChI=1S/C19H22N2OS/c1-14-5-2-3-7-16(14)20-9-11-21(12-10-20)19(22)18-13-15-6-4-8-17(15)23-18/h2-3,5,7,13H,4,6,8-12H2,1H3. The Bertz CT molecular complexity index is 707. The fraction of sp³-hybridized carbons (Fsp3) is 0.421. The van der Waals surface area contributed by atoms with Gasteiger partial charge in [-0.25, -0.2) is 0 Å². The quantitative estimate of drug-likeness (QED) is 0.843. The van der Waals surface area contributed by atoms with E-state index in [0.29, 0.717) is 0 Å². The van der Waals surface area contributed by atoms with Gasteiger partial charge in [0.1, 0.15) is 0 Å². The van der Waals surface area contributed by atoms with Gasteiger partial charge in [0.05, 0.1) is 4.88 Å². The molecule has 3 nitrogen and oxygen atoms in total. The largest absolute Gasteiger partial charge is 0.368 e. The third-order valence-corrected chi connectivity index (χ3v) is 6.21. The van der Waals surface area contributed by atoms with Gasteiger partial charge in [0.25, 0.3) is 5.91 Å². The number of fused-ring (bicyclic) bond motifs is 1. The maximum atomic E-state index is 12.7. The van der Waals surface area contributed by atoms with Gasteiger partial charge in [-0.15, -0.1) is 11.3 Å². The summed E-state index contributed by atoms with van der Waals surface area (Å²) in [4.78, 5) is 19.5. The van der Waals surface area contributed by atoms with Crippen molar-refractivity contribution < 1.29 is 4.79 Å². The van der Waals surface area contributed by atoms with Crippen molar-refractivity contribution in [3.05, 3.63) is 51.2 Å². The molecule has 1 fully saturated rings. The molecular weight excluding hydrogens is 304 g/mol. The first kappa shape index (κ1) is 14.8. The van der Waals surface area contributed by atoms with Crippen LogP contribution in [0.25, 0.3) is 0 Å².